The zero-order valence-electron chi connectivity index (χ0n) is 5.14. The van der Waals surface area contributed by atoms with E-state index in [9.17, 15) is 0 Å². The minimum absolute atomic E-state index is 0.606. The summed E-state index contributed by atoms with van der Waals surface area (Å²) in [5.41, 5.74) is 0. The molecule has 2 heteroatoms. The second kappa shape index (κ2) is 2.47. The molecule has 0 N–H and O–H groups in total. The van der Waals surface area contributed by atoms with E-state index in [1.54, 1.807) is 0 Å². The number of aryl methyl sites for hydroxylation is 2. The summed E-state index contributed by atoms with van der Waals surface area (Å²) in [6, 6.07) is 0. The van der Waals surface area contributed by atoms with Crippen molar-refractivity contribution in [2.24, 2.45) is 0 Å². The Morgan fingerprint density at radius 1 is 1.75 bits per heavy atom. The van der Waals surface area contributed by atoms with Crippen molar-refractivity contribution in [3.8, 4) is 0 Å². The van der Waals surface area contributed by atoms with Gasteiger partial charge in [-0.2, -0.15) is 0 Å². The van der Waals surface area contributed by atoms with Crippen LogP contribution in [0.5, 0.6) is 0 Å². The van der Waals surface area contributed by atoms with Crippen LogP contribution in [0.1, 0.15) is 15.9 Å². The summed E-state index contributed by atoms with van der Waals surface area (Å²) < 4.78 is 2.84. The Bertz CT molecular complexity index is 169. The molecular formula is C6H9NSe. The first-order valence-electron chi connectivity index (χ1n) is 2.74. The minimum atomic E-state index is 0.606. The van der Waals surface area contributed by atoms with E-state index in [1.165, 1.54) is 9.01 Å². The summed E-state index contributed by atoms with van der Waals surface area (Å²) in [6.07, 6.45) is 3.12. The van der Waals surface area contributed by atoms with Gasteiger partial charge in [-0.25, -0.2) is 0 Å². The monoisotopic (exact) mass is 175 g/mol. The predicted molar refractivity (Wildman–Crippen MR) is 35.3 cm³/mol. The third-order valence-corrected chi connectivity index (χ3v) is 3.19. The van der Waals surface area contributed by atoms with Crippen LogP contribution in [0.15, 0.2) is 6.20 Å². The van der Waals surface area contributed by atoms with Gasteiger partial charge in [0.1, 0.15) is 0 Å². The fourth-order valence-electron chi connectivity index (χ4n) is 0.565. The van der Waals surface area contributed by atoms with Gasteiger partial charge in [0, 0.05) is 0 Å². The quantitative estimate of drug-likeness (QED) is 0.579. The van der Waals surface area contributed by atoms with Gasteiger partial charge in [0.25, 0.3) is 0 Å². The first-order valence-corrected chi connectivity index (χ1v) is 4.45. The van der Waals surface area contributed by atoms with Crippen molar-refractivity contribution < 1.29 is 0 Å². The molecule has 0 bridgehead atoms. The summed E-state index contributed by atoms with van der Waals surface area (Å²) in [7, 11) is 0. The molecule has 8 heavy (non-hydrogen) atoms. The van der Waals surface area contributed by atoms with E-state index >= 15 is 0 Å². The van der Waals surface area contributed by atoms with E-state index in [4.69, 9.17) is 0 Å². The molecule has 0 fully saturated rings. The number of hydrogen-bond acceptors (Lipinski definition) is 1. The van der Waals surface area contributed by atoms with Gasteiger partial charge >= 0.3 is 55.0 Å². The van der Waals surface area contributed by atoms with Gasteiger partial charge < -0.3 is 0 Å². The molecule has 0 aliphatic rings. The summed E-state index contributed by atoms with van der Waals surface area (Å²) in [4.78, 5) is 4.22. The number of rotatable bonds is 1. The van der Waals surface area contributed by atoms with Crippen LogP contribution in [0, 0.1) is 6.92 Å². The van der Waals surface area contributed by atoms with Crippen molar-refractivity contribution in [3.63, 3.8) is 0 Å². The van der Waals surface area contributed by atoms with Gasteiger partial charge in [0.15, 0.2) is 0 Å². The zero-order valence-corrected chi connectivity index (χ0v) is 6.85. The molecule has 1 aromatic heterocycles. The van der Waals surface area contributed by atoms with E-state index in [0.717, 1.165) is 6.42 Å². The second-order valence-electron chi connectivity index (χ2n) is 1.72. The van der Waals surface area contributed by atoms with Gasteiger partial charge in [-0.05, 0) is 0 Å². The summed E-state index contributed by atoms with van der Waals surface area (Å²) in [5.74, 6) is 0. The molecule has 0 atom stereocenters. The molecule has 0 amide bonds. The first-order chi connectivity index (χ1) is 3.83. The van der Waals surface area contributed by atoms with Crippen molar-refractivity contribution in [2.45, 2.75) is 20.3 Å². The maximum atomic E-state index is 4.22. The van der Waals surface area contributed by atoms with Crippen LogP contribution in [0.4, 0.5) is 0 Å². The fourth-order valence-corrected chi connectivity index (χ4v) is 2.09. The number of aromatic nitrogens is 1. The van der Waals surface area contributed by atoms with Crippen LogP contribution in [-0.2, 0) is 6.42 Å². The van der Waals surface area contributed by atoms with Crippen molar-refractivity contribution in [3.05, 3.63) is 15.2 Å². The van der Waals surface area contributed by atoms with Crippen LogP contribution in [-0.4, -0.2) is 19.5 Å². The van der Waals surface area contributed by atoms with Crippen LogP contribution in [0.2, 0.25) is 0 Å². The van der Waals surface area contributed by atoms with Gasteiger partial charge in [0.05, 0.1) is 0 Å². The van der Waals surface area contributed by atoms with Crippen molar-refractivity contribution in [2.75, 3.05) is 0 Å². The second-order valence-corrected chi connectivity index (χ2v) is 4.49. The predicted octanol–water partition coefficient (Wildman–Crippen LogP) is 1.01. The molecule has 1 rings (SSSR count). The average molecular weight is 174 g/mol. The molecule has 0 saturated heterocycles. The Morgan fingerprint density at radius 3 is 2.75 bits per heavy atom. The Kier molecular flexibility index (Phi) is 1.87. The molecule has 1 heterocycles. The summed E-state index contributed by atoms with van der Waals surface area (Å²) >= 11 is 0.606. The standard InChI is InChI=1S/C6H9NSe/c1-3-6-7-4-5(2)8-6/h4H,3H2,1-2H3. The molecule has 0 saturated carbocycles. The van der Waals surface area contributed by atoms with Crippen LogP contribution >= 0.6 is 0 Å². The van der Waals surface area contributed by atoms with Crippen molar-refractivity contribution >= 4 is 14.5 Å². The Balaban J connectivity index is 2.84. The molecule has 0 aliphatic heterocycles. The van der Waals surface area contributed by atoms with Gasteiger partial charge in [0.2, 0.25) is 0 Å². The molecule has 0 radical (unpaired) electrons. The Hall–Kier alpha value is -0.0705. The molecule has 0 aliphatic carbocycles. The third kappa shape index (κ3) is 1.21. The third-order valence-electron chi connectivity index (χ3n) is 0.972. The maximum absolute atomic E-state index is 4.22. The van der Waals surface area contributed by atoms with Crippen LogP contribution in [0.3, 0.4) is 0 Å². The molecule has 0 unspecified atom stereocenters. The van der Waals surface area contributed by atoms with Gasteiger partial charge in [-0.3, -0.25) is 0 Å². The molecule has 0 aromatic carbocycles. The van der Waals surface area contributed by atoms with E-state index < -0.39 is 0 Å². The van der Waals surface area contributed by atoms with Crippen molar-refractivity contribution in [1.82, 2.24) is 4.98 Å². The number of nitrogens with zero attached hydrogens (tertiary/aromatic N) is 1. The fraction of sp³-hybridized carbons (Fsp3) is 0.500. The first kappa shape index (κ1) is 6.06. The molecule has 1 nitrogen and oxygen atoms in total. The van der Waals surface area contributed by atoms with Crippen LogP contribution in [0.25, 0.3) is 0 Å². The topological polar surface area (TPSA) is 12.9 Å². The van der Waals surface area contributed by atoms with Crippen LogP contribution < -0.4 is 0 Å². The SMILES string of the molecule is CCc1ncc(C)[se]1. The van der Waals surface area contributed by atoms with E-state index in [-0.39, 0.29) is 0 Å². The molecular weight excluding hydrogens is 165 g/mol. The zero-order chi connectivity index (χ0) is 5.98. The van der Waals surface area contributed by atoms with Crippen molar-refractivity contribution in [1.29, 1.82) is 0 Å². The Morgan fingerprint density at radius 2 is 2.50 bits per heavy atom. The van der Waals surface area contributed by atoms with Gasteiger partial charge in [-0.1, -0.05) is 0 Å². The Labute approximate surface area is 55.5 Å². The molecule has 0 spiro atoms. The summed E-state index contributed by atoms with van der Waals surface area (Å²) in [5, 5.41) is 0. The number of hydrogen-bond donors (Lipinski definition) is 0. The molecule has 1 aromatic rings. The van der Waals surface area contributed by atoms with Gasteiger partial charge in [-0.15, -0.1) is 0 Å². The summed E-state index contributed by atoms with van der Waals surface area (Å²) in [6.45, 7) is 4.30. The normalized spacial score (nSPS) is 9.75. The molecule has 44 valence electrons. The average Bonchev–Trinajstić information content (AvgIpc) is 2.14. The van der Waals surface area contributed by atoms with E-state index in [2.05, 4.69) is 18.8 Å². The van der Waals surface area contributed by atoms with E-state index in [0.29, 0.717) is 14.5 Å². The van der Waals surface area contributed by atoms with E-state index in [1.807, 2.05) is 6.20 Å².